The molecule has 0 atom stereocenters. The molecule has 4 rings (SSSR count). The first-order valence-electron chi connectivity index (χ1n) is 11.6. The molecule has 6 nitrogen and oxygen atoms in total. The van der Waals surface area contributed by atoms with Gasteiger partial charge in [-0.3, -0.25) is 9.36 Å². The number of benzene rings is 2. The summed E-state index contributed by atoms with van der Waals surface area (Å²) in [5.74, 6) is 0. The number of nitrogens with one attached hydrogen (secondary N) is 2. The summed E-state index contributed by atoms with van der Waals surface area (Å²) in [6, 6.07) is 10.7. The molecule has 0 saturated heterocycles. The highest BCUT2D eigenvalue weighted by Gasteiger charge is 2.30. The zero-order chi connectivity index (χ0) is 27.8. The number of anilines is 2. The molecular weight excluding hydrogens is 556 g/mol. The highest BCUT2D eigenvalue weighted by molar-refractivity contribution is 7.80. The number of aromatic nitrogens is 4. The number of thiocarbonyl (C=S) groups is 1. The summed E-state index contributed by atoms with van der Waals surface area (Å²) >= 11 is 17.7. The molecule has 4 aromatic rings. The molecule has 0 unspecified atom stereocenters. The second-order valence-corrected chi connectivity index (χ2v) is 10.2. The van der Waals surface area contributed by atoms with Crippen molar-refractivity contribution < 1.29 is 13.2 Å². The van der Waals surface area contributed by atoms with Gasteiger partial charge in [0, 0.05) is 0 Å². The summed E-state index contributed by atoms with van der Waals surface area (Å²) in [7, 11) is 0. The number of hydrogen-bond donors (Lipinski definition) is 2. The number of alkyl halides is 3. The quantitative estimate of drug-likeness (QED) is 0.231. The van der Waals surface area contributed by atoms with Gasteiger partial charge in [0.1, 0.15) is 0 Å². The lowest BCUT2D eigenvalue weighted by Gasteiger charge is -2.12. The second-order valence-electron chi connectivity index (χ2n) is 8.93. The van der Waals surface area contributed by atoms with Crippen LogP contribution in [0, 0.1) is 27.7 Å². The lowest BCUT2D eigenvalue weighted by Crippen LogP contribution is -2.21. The Balaban J connectivity index is 1.48. The number of aryl methyl sites for hydroxylation is 2. The second kappa shape index (κ2) is 11.0. The summed E-state index contributed by atoms with van der Waals surface area (Å²) in [6.45, 7) is 8.17. The van der Waals surface area contributed by atoms with Crippen molar-refractivity contribution in [3.8, 4) is 0 Å². The molecule has 200 valence electrons. The van der Waals surface area contributed by atoms with Crippen LogP contribution in [0.3, 0.4) is 0 Å². The smallest absolute Gasteiger partial charge is 0.329 e. The Bertz CT molecular complexity index is 1510. The van der Waals surface area contributed by atoms with E-state index in [-0.39, 0.29) is 6.54 Å². The van der Waals surface area contributed by atoms with Gasteiger partial charge >= 0.3 is 6.18 Å². The minimum absolute atomic E-state index is 0.193. The highest BCUT2D eigenvalue weighted by Crippen LogP contribution is 2.30. The molecule has 2 aromatic carbocycles. The minimum Gasteiger partial charge on any atom is -0.329 e. The lowest BCUT2D eigenvalue weighted by molar-refractivity contribution is -0.137. The molecule has 0 saturated carbocycles. The van der Waals surface area contributed by atoms with Gasteiger partial charge in [-0.1, -0.05) is 41.4 Å². The Morgan fingerprint density at radius 1 is 0.816 bits per heavy atom. The number of rotatable bonds is 6. The van der Waals surface area contributed by atoms with Gasteiger partial charge in [-0.15, -0.1) is 0 Å². The predicted octanol–water partition coefficient (Wildman–Crippen LogP) is 7.54. The van der Waals surface area contributed by atoms with Crippen LogP contribution in [0.4, 0.5) is 24.5 Å². The fourth-order valence-electron chi connectivity index (χ4n) is 4.15. The molecule has 0 aliphatic heterocycles. The molecular formula is C26H25Cl2F3N6S. The van der Waals surface area contributed by atoms with E-state index in [9.17, 15) is 13.2 Å². The van der Waals surface area contributed by atoms with E-state index >= 15 is 0 Å². The van der Waals surface area contributed by atoms with Crippen LogP contribution >= 0.6 is 35.4 Å². The largest absolute Gasteiger partial charge is 0.416 e. The van der Waals surface area contributed by atoms with Gasteiger partial charge in [0.05, 0.1) is 62.8 Å². The number of nitrogens with zero attached hydrogens (tertiary/aromatic N) is 4. The van der Waals surface area contributed by atoms with Crippen molar-refractivity contribution in [1.29, 1.82) is 0 Å². The van der Waals surface area contributed by atoms with Crippen molar-refractivity contribution in [2.24, 2.45) is 0 Å². The average Bonchev–Trinajstić information content (AvgIpc) is 3.25. The van der Waals surface area contributed by atoms with Crippen molar-refractivity contribution >= 4 is 51.9 Å². The number of hydrogen-bond acceptors (Lipinski definition) is 3. The Morgan fingerprint density at radius 3 is 1.84 bits per heavy atom. The molecule has 2 N–H and O–H groups in total. The third-order valence-corrected chi connectivity index (χ3v) is 7.09. The third-order valence-electron chi connectivity index (χ3n) is 6.14. The summed E-state index contributed by atoms with van der Waals surface area (Å²) in [5.41, 5.74) is 5.28. The van der Waals surface area contributed by atoms with E-state index in [4.69, 9.17) is 35.4 Å². The zero-order valence-electron chi connectivity index (χ0n) is 21.0. The fraction of sp³-hybridized carbons (Fsp3) is 0.269. The van der Waals surface area contributed by atoms with Crippen LogP contribution in [-0.2, 0) is 19.3 Å². The maximum atomic E-state index is 13.1. The average molecular weight is 581 g/mol. The van der Waals surface area contributed by atoms with Crippen molar-refractivity contribution in [2.75, 3.05) is 10.6 Å². The van der Waals surface area contributed by atoms with E-state index in [0.717, 1.165) is 40.5 Å². The van der Waals surface area contributed by atoms with E-state index in [1.165, 1.54) is 6.07 Å². The molecule has 38 heavy (non-hydrogen) atoms. The van der Waals surface area contributed by atoms with Crippen LogP contribution in [0.2, 0.25) is 10.0 Å². The maximum Gasteiger partial charge on any atom is 0.416 e. The topological polar surface area (TPSA) is 59.7 Å². The zero-order valence-corrected chi connectivity index (χ0v) is 23.4. The van der Waals surface area contributed by atoms with Crippen LogP contribution in [0.25, 0.3) is 0 Å². The van der Waals surface area contributed by atoms with E-state index in [0.29, 0.717) is 38.6 Å². The summed E-state index contributed by atoms with van der Waals surface area (Å²) in [4.78, 5) is 0. The predicted molar refractivity (Wildman–Crippen MR) is 149 cm³/mol. The molecule has 0 amide bonds. The van der Waals surface area contributed by atoms with E-state index in [1.807, 2.05) is 44.5 Å². The van der Waals surface area contributed by atoms with Crippen LogP contribution in [0.15, 0.2) is 42.5 Å². The van der Waals surface area contributed by atoms with Gasteiger partial charge in [0.25, 0.3) is 0 Å². The van der Waals surface area contributed by atoms with E-state index in [1.54, 1.807) is 16.8 Å². The maximum absolute atomic E-state index is 13.1. The molecule has 0 spiro atoms. The van der Waals surface area contributed by atoms with E-state index in [2.05, 4.69) is 20.8 Å². The standard InChI is InChI=1S/C26H25Cl2F3N6S/c1-14-23(16(3)36(34-14)12-18-6-5-7-20(10-18)26(29,30)31)32-25(38)33-24-15(2)35-37(17(24)4)13-19-8-9-21(27)22(28)11-19/h5-11H,12-13H2,1-4H3,(H2,32,33,38). The molecule has 0 radical (unpaired) electrons. The molecule has 2 aromatic heterocycles. The van der Waals surface area contributed by atoms with Crippen molar-refractivity contribution in [1.82, 2.24) is 19.6 Å². The van der Waals surface area contributed by atoms with Crippen LogP contribution in [0.1, 0.15) is 39.5 Å². The first-order valence-corrected chi connectivity index (χ1v) is 12.8. The van der Waals surface area contributed by atoms with Crippen LogP contribution in [0.5, 0.6) is 0 Å². The first-order chi connectivity index (χ1) is 17.8. The molecule has 0 aliphatic rings. The van der Waals surface area contributed by atoms with Gasteiger partial charge in [0.15, 0.2) is 5.11 Å². The van der Waals surface area contributed by atoms with Gasteiger partial charge in [-0.25, -0.2) is 0 Å². The monoisotopic (exact) mass is 580 g/mol. The minimum atomic E-state index is -4.40. The SMILES string of the molecule is Cc1nn(Cc2cccc(C(F)(F)F)c2)c(C)c1NC(=S)Nc1c(C)nn(Cc2ccc(Cl)c(Cl)c2)c1C. The van der Waals surface area contributed by atoms with Gasteiger partial charge in [-0.05, 0) is 75.3 Å². The Labute approximate surface area is 233 Å². The van der Waals surface area contributed by atoms with Crippen molar-refractivity contribution in [3.63, 3.8) is 0 Å². The Morgan fingerprint density at radius 2 is 1.34 bits per heavy atom. The summed E-state index contributed by atoms with van der Waals surface area (Å²) in [6.07, 6.45) is -4.40. The molecule has 2 heterocycles. The Hall–Kier alpha value is -3.08. The molecule has 0 fully saturated rings. The third kappa shape index (κ3) is 6.14. The lowest BCUT2D eigenvalue weighted by atomic mass is 10.1. The van der Waals surface area contributed by atoms with Crippen LogP contribution in [-0.4, -0.2) is 24.7 Å². The van der Waals surface area contributed by atoms with Gasteiger partial charge in [-0.2, -0.15) is 23.4 Å². The molecule has 12 heteroatoms. The highest BCUT2D eigenvalue weighted by atomic mass is 35.5. The first kappa shape index (κ1) is 27.9. The van der Waals surface area contributed by atoms with Gasteiger partial charge in [0.2, 0.25) is 0 Å². The van der Waals surface area contributed by atoms with Crippen molar-refractivity contribution in [2.45, 2.75) is 47.0 Å². The fourth-order valence-corrected chi connectivity index (χ4v) is 4.68. The van der Waals surface area contributed by atoms with Crippen LogP contribution < -0.4 is 10.6 Å². The van der Waals surface area contributed by atoms with Gasteiger partial charge < -0.3 is 10.6 Å². The van der Waals surface area contributed by atoms with Crippen molar-refractivity contribution in [3.05, 3.63) is 92.0 Å². The summed E-state index contributed by atoms with van der Waals surface area (Å²) in [5, 5.41) is 16.8. The normalized spacial score (nSPS) is 11.6. The number of halogens is 5. The molecule has 0 bridgehead atoms. The van der Waals surface area contributed by atoms with E-state index < -0.39 is 11.7 Å². The Kier molecular flexibility index (Phi) is 8.06. The molecule has 0 aliphatic carbocycles. The summed E-state index contributed by atoms with van der Waals surface area (Å²) < 4.78 is 42.8.